The average molecular weight is 146 g/mol. The van der Waals surface area contributed by atoms with Gasteiger partial charge in [0.05, 0.1) is 5.25 Å². The molecule has 0 saturated heterocycles. The number of rotatable bonds is 5. The van der Waals surface area contributed by atoms with E-state index in [9.17, 15) is 4.79 Å². The molecule has 0 aliphatic heterocycles. The van der Waals surface area contributed by atoms with Gasteiger partial charge >= 0.3 is 0 Å². The second-order valence-electron chi connectivity index (χ2n) is 1.95. The van der Waals surface area contributed by atoms with Crippen molar-refractivity contribution in [2.45, 2.75) is 31.9 Å². The molecule has 1 nitrogen and oxygen atoms in total. The lowest BCUT2D eigenvalue weighted by atomic mass is 10.4. The van der Waals surface area contributed by atoms with Gasteiger partial charge in [0, 0.05) is 0 Å². The number of thioether (sulfide) groups is 1. The lowest BCUT2D eigenvalue weighted by molar-refractivity contribution is -0.107. The highest BCUT2D eigenvalue weighted by Gasteiger charge is 2.01. The quantitative estimate of drug-likeness (QED) is 0.552. The zero-order chi connectivity index (χ0) is 7.11. The highest BCUT2D eigenvalue weighted by Crippen LogP contribution is 2.12. The van der Waals surface area contributed by atoms with E-state index >= 15 is 0 Å². The molecule has 0 rings (SSSR count). The summed E-state index contributed by atoms with van der Waals surface area (Å²) in [6, 6.07) is 0. The van der Waals surface area contributed by atoms with E-state index in [2.05, 4.69) is 6.92 Å². The van der Waals surface area contributed by atoms with Crippen molar-refractivity contribution in [3.63, 3.8) is 0 Å². The van der Waals surface area contributed by atoms with Crippen LogP contribution in [0.15, 0.2) is 0 Å². The van der Waals surface area contributed by atoms with Gasteiger partial charge in [-0.25, -0.2) is 0 Å². The summed E-state index contributed by atoms with van der Waals surface area (Å²) in [6.45, 7) is 4.17. The van der Waals surface area contributed by atoms with Crippen LogP contribution in [0.4, 0.5) is 0 Å². The maximum atomic E-state index is 10.2. The molecule has 0 N–H and O–H groups in total. The molecule has 0 aromatic heterocycles. The van der Waals surface area contributed by atoms with E-state index < -0.39 is 0 Å². The molecule has 0 bridgehead atoms. The van der Waals surface area contributed by atoms with Crippen molar-refractivity contribution < 1.29 is 4.79 Å². The number of hydrogen-bond donors (Lipinski definition) is 0. The number of carbonyl (C=O) groups excluding carboxylic acids is 1. The van der Waals surface area contributed by atoms with Crippen molar-refractivity contribution in [2.75, 3.05) is 5.75 Å². The Balaban J connectivity index is 3.20. The molecule has 0 spiro atoms. The molecule has 0 heterocycles. The molecule has 54 valence electrons. The summed E-state index contributed by atoms with van der Waals surface area (Å²) in [6.07, 6.45) is 3.17. The molecule has 0 aliphatic rings. The van der Waals surface area contributed by atoms with Gasteiger partial charge in [-0.2, -0.15) is 11.8 Å². The normalized spacial score (nSPS) is 13.1. The molecule has 0 radical (unpaired) electrons. The minimum absolute atomic E-state index is 0.241. The fraction of sp³-hybridized carbons (Fsp3) is 0.857. The second kappa shape index (κ2) is 6.14. The minimum atomic E-state index is 0.241. The van der Waals surface area contributed by atoms with E-state index in [1.807, 2.05) is 6.92 Å². The molecule has 0 saturated carbocycles. The average Bonchev–Trinajstić information content (AvgIpc) is 1.91. The summed E-state index contributed by atoms with van der Waals surface area (Å²) in [5.41, 5.74) is 0. The van der Waals surface area contributed by atoms with E-state index in [0.717, 1.165) is 24.9 Å². The summed E-state index contributed by atoms with van der Waals surface area (Å²) >= 11 is 1.75. The Kier molecular flexibility index (Phi) is 6.16. The summed E-state index contributed by atoms with van der Waals surface area (Å²) in [4.78, 5) is 10.2. The Morgan fingerprint density at radius 2 is 2.22 bits per heavy atom. The molecule has 2 heteroatoms. The molecule has 0 aromatic rings. The third-order valence-electron chi connectivity index (χ3n) is 1.09. The van der Waals surface area contributed by atoms with Crippen LogP contribution < -0.4 is 0 Å². The zero-order valence-corrected chi connectivity index (χ0v) is 6.91. The first-order valence-corrected chi connectivity index (χ1v) is 4.46. The molecule has 0 aromatic carbocycles. The molecule has 9 heavy (non-hydrogen) atoms. The molecular formula is C7H14OS. The van der Waals surface area contributed by atoms with E-state index in [1.54, 1.807) is 11.8 Å². The van der Waals surface area contributed by atoms with Crippen LogP contribution in [0.3, 0.4) is 0 Å². The van der Waals surface area contributed by atoms with Crippen molar-refractivity contribution in [2.24, 2.45) is 0 Å². The van der Waals surface area contributed by atoms with Crippen molar-refractivity contribution in [1.82, 2.24) is 0 Å². The van der Waals surface area contributed by atoms with Crippen molar-refractivity contribution in [3.8, 4) is 0 Å². The second-order valence-corrected chi connectivity index (χ2v) is 3.30. The molecule has 0 amide bonds. The van der Waals surface area contributed by atoms with Gasteiger partial charge in [-0.05, 0) is 18.6 Å². The van der Waals surface area contributed by atoms with Crippen LogP contribution in [-0.2, 0) is 4.79 Å². The Bertz CT molecular complexity index is 73.3. The molecule has 1 atom stereocenters. The minimum Gasteiger partial charge on any atom is -0.302 e. The van der Waals surface area contributed by atoms with Crippen LogP contribution in [0.5, 0.6) is 0 Å². The Morgan fingerprint density at radius 3 is 2.56 bits per heavy atom. The highest BCUT2D eigenvalue weighted by atomic mass is 32.2. The maximum Gasteiger partial charge on any atom is 0.132 e. The number of carbonyl (C=O) groups is 1. The first-order chi connectivity index (χ1) is 4.35. The Hall–Kier alpha value is 0.0200. The predicted octanol–water partition coefficient (Wildman–Crippen LogP) is 2.11. The van der Waals surface area contributed by atoms with Crippen molar-refractivity contribution in [1.29, 1.82) is 0 Å². The molecular weight excluding hydrogens is 132 g/mol. The summed E-state index contributed by atoms with van der Waals surface area (Å²) in [5.74, 6) is 1.11. The van der Waals surface area contributed by atoms with Gasteiger partial charge in [0.1, 0.15) is 6.29 Å². The number of aldehydes is 1. The highest BCUT2D eigenvalue weighted by molar-refractivity contribution is 8.00. The fourth-order valence-corrected chi connectivity index (χ4v) is 1.38. The monoisotopic (exact) mass is 146 g/mol. The van der Waals surface area contributed by atoms with Crippen LogP contribution in [-0.4, -0.2) is 17.3 Å². The molecule has 0 fully saturated rings. The fourth-order valence-electron chi connectivity index (χ4n) is 0.523. The van der Waals surface area contributed by atoms with Crippen LogP contribution in [0.1, 0.15) is 26.7 Å². The van der Waals surface area contributed by atoms with Crippen LogP contribution >= 0.6 is 11.8 Å². The van der Waals surface area contributed by atoms with E-state index in [1.165, 1.54) is 0 Å². The van der Waals surface area contributed by atoms with Gasteiger partial charge < -0.3 is 4.79 Å². The van der Waals surface area contributed by atoms with E-state index in [0.29, 0.717) is 0 Å². The van der Waals surface area contributed by atoms with Gasteiger partial charge in [0.25, 0.3) is 0 Å². The van der Waals surface area contributed by atoms with Crippen molar-refractivity contribution >= 4 is 18.0 Å². The van der Waals surface area contributed by atoms with Gasteiger partial charge in [0.2, 0.25) is 0 Å². The van der Waals surface area contributed by atoms with Crippen LogP contribution in [0.2, 0.25) is 0 Å². The zero-order valence-electron chi connectivity index (χ0n) is 6.09. The topological polar surface area (TPSA) is 17.1 Å². The third kappa shape index (κ3) is 4.52. The third-order valence-corrected chi connectivity index (χ3v) is 2.61. The molecule has 1 unspecified atom stereocenters. The first kappa shape index (κ1) is 9.02. The Labute approximate surface area is 61.2 Å². The maximum absolute atomic E-state index is 10.2. The SMILES string of the molecule is CCCSC(C=O)CC. The summed E-state index contributed by atoms with van der Waals surface area (Å²) < 4.78 is 0. The van der Waals surface area contributed by atoms with Gasteiger partial charge in [0.15, 0.2) is 0 Å². The lowest BCUT2D eigenvalue weighted by Gasteiger charge is -2.03. The lowest BCUT2D eigenvalue weighted by Crippen LogP contribution is -2.02. The van der Waals surface area contributed by atoms with Crippen LogP contribution in [0, 0.1) is 0 Å². The van der Waals surface area contributed by atoms with E-state index in [-0.39, 0.29) is 5.25 Å². The van der Waals surface area contributed by atoms with Crippen LogP contribution in [0.25, 0.3) is 0 Å². The molecule has 0 aliphatic carbocycles. The summed E-state index contributed by atoms with van der Waals surface area (Å²) in [5, 5.41) is 0.241. The first-order valence-electron chi connectivity index (χ1n) is 3.42. The van der Waals surface area contributed by atoms with Gasteiger partial charge in [-0.15, -0.1) is 0 Å². The summed E-state index contributed by atoms with van der Waals surface area (Å²) in [7, 11) is 0. The van der Waals surface area contributed by atoms with Gasteiger partial charge in [-0.1, -0.05) is 13.8 Å². The largest absolute Gasteiger partial charge is 0.302 e. The van der Waals surface area contributed by atoms with Crippen molar-refractivity contribution in [3.05, 3.63) is 0 Å². The van der Waals surface area contributed by atoms with E-state index in [4.69, 9.17) is 0 Å². The standard InChI is InChI=1S/C7H14OS/c1-3-5-9-7(4-2)6-8/h6-7H,3-5H2,1-2H3. The number of hydrogen-bond acceptors (Lipinski definition) is 2. The van der Waals surface area contributed by atoms with Gasteiger partial charge in [-0.3, -0.25) is 0 Å². The smallest absolute Gasteiger partial charge is 0.132 e. The Morgan fingerprint density at radius 1 is 1.56 bits per heavy atom. The predicted molar refractivity (Wildman–Crippen MR) is 42.9 cm³/mol.